The van der Waals surface area contributed by atoms with E-state index in [2.05, 4.69) is 43.2 Å². The Morgan fingerprint density at radius 3 is 2.50 bits per heavy atom. The van der Waals surface area contributed by atoms with Gasteiger partial charge in [-0.25, -0.2) is 4.98 Å². The molecule has 3 heteroatoms. The molecule has 0 unspecified atom stereocenters. The third-order valence-electron chi connectivity index (χ3n) is 2.91. The molecule has 1 aromatic carbocycles. The summed E-state index contributed by atoms with van der Waals surface area (Å²) in [7, 11) is 0. The highest BCUT2D eigenvalue weighted by Crippen LogP contribution is 2.33. The normalized spacial score (nSPS) is 11.9. The molecule has 0 fully saturated rings. The number of pyridine rings is 1. The second-order valence-electron chi connectivity index (χ2n) is 6.49. The summed E-state index contributed by atoms with van der Waals surface area (Å²) < 4.78 is 5.99. The largest absolute Gasteiger partial charge is 0.471 e. The number of benzene rings is 1. The van der Waals surface area contributed by atoms with Gasteiger partial charge in [-0.2, -0.15) is 0 Å². The van der Waals surface area contributed by atoms with E-state index in [0.29, 0.717) is 11.9 Å². The molecule has 1 heterocycles. The van der Waals surface area contributed by atoms with Crippen LogP contribution in [0.1, 0.15) is 40.2 Å². The molecule has 0 aliphatic rings. The van der Waals surface area contributed by atoms with Gasteiger partial charge in [-0.1, -0.05) is 6.07 Å². The summed E-state index contributed by atoms with van der Waals surface area (Å²) in [6.07, 6.45) is 1.88. The van der Waals surface area contributed by atoms with Crippen molar-refractivity contribution >= 4 is 16.5 Å². The lowest BCUT2D eigenvalue weighted by atomic mass is 10.1. The highest BCUT2D eigenvalue weighted by atomic mass is 16.5. The minimum atomic E-state index is -0.253. The molecule has 1 N–H and O–H groups in total. The standard InChI is InChI=1S/C17H24N2O/c1-11(2)19-14-9-7-8-13-15(14)12(3)10-18-16(13)20-17(4,5)6/h7-11,19H,1-6H3. The lowest BCUT2D eigenvalue weighted by Crippen LogP contribution is -2.23. The molecule has 1 aromatic heterocycles. The van der Waals surface area contributed by atoms with Crippen molar-refractivity contribution in [2.24, 2.45) is 0 Å². The predicted octanol–water partition coefficient (Wildman–Crippen LogP) is 4.54. The van der Waals surface area contributed by atoms with E-state index >= 15 is 0 Å². The average molecular weight is 272 g/mol. The first-order chi connectivity index (χ1) is 9.28. The summed E-state index contributed by atoms with van der Waals surface area (Å²) in [6, 6.07) is 6.61. The number of hydrogen-bond acceptors (Lipinski definition) is 3. The maximum absolute atomic E-state index is 5.99. The number of rotatable bonds is 3. The van der Waals surface area contributed by atoms with Gasteiger partial charge < -0.3 is 10.1 Å². The molecule has 0 bridgehead atoms. The number of fused-ring (bicyclic) bond motifs is 1. The van der Waals surface area contributed by atoms with Crippen LogP contribution >= 0.6 is 0 Å². The van der Waals surface area contributed by atoms with Gasteiger partial charge in [0, 0.05) is 28.7 Å². The van der Waals surface area contributed by atoms with E-state index in [1.807, 2.05) is 33.0 Å². The van der Waals surface area contributed by atoms with Crippen LogP contribution < -0.4 is 10.1 Å². The molecule has 2 rings (SSSR count). The number of anilines is 1. The Bertz CT molecular complexity index is 612. The van der Waals surface area contributed by atoms with Crippen LogP contribution in [0.4, 0.5) is 5.69 Å². The van der Waals surface area contributed by atoms with E-state index in [0.717, 1.165) is 16.6 Å². The second-order valence-corrected chi connectivity index (χ2v) is 6.49. The van der Waals surface area contributed by atoms with Gasteiger partial charge in [-0.05, 0) is 59.2 Å². The van der Waals surface area contributed by atoms with E-state index in [1.54, 1.807) is 0 Å². The van der Waals surface area contributed by atoms with Gasteiger partial charge in [0.1, 0.15) is 5.60 Å². The molecule has 0 aliphatic heterocycles. The zero-order chi connectivity index (χ0) is 14.9. The van der Waals surface area contributed by atoms with Crippen LogP contribution in [0.5, 0.6) is 5.88 Å². The number of nitrogens with zero attached hydrogens (tertiary/aromatic N) is 1. The molecular weight excluding hydrogens is 248 g/mol. The average Bonchev–Trinajstić information content (AvgIpc) is 2.30. The monoisotopic (exact) mass is 272 g/mol. The Hall–Kier alpha value is -1.77. The van der Waals surface area contributed by atoms with Crippen LogP contribution in [0, 0.1) is 6.92 Å². The Balaban J connectivity index is 2.61. The number of ether oxygens (including phenoxy) is 1. The summed E-state index contributed by atoms with van der Waals surface area (Å²) >= 11 is 0. The van der Waals surface area contributed by atoms with E-state index in [4.69, 9.17) is 4.74 Å². The smallest absolute Gasteiger partial charge is 0.221 e. The highest BCUT2D eigenvalue weighted by molar-refractivity contribution is 5.99. The minimum Gasteiger partial charge on any atom is -0.471 e. The lowest BCUT2D eigenvalue weighted by molar-refractivity contribution is 0.126. The van der Waals surface area contributed by atoms with Crippen LogP contribution in [-0.4, -0.2) is 16.6 Å². The van der Waals surface area contributed by atoms with Crippen LogP contribution in [0.3, 0.4) is 0 Å². The second kappa shape index (κ2) is 5.31. The first kappa shape index (κ1) is 14.6. The fourth-order valence-corrected chi connectivity index (χ4v) is 2.25. The Kier molecular flexibility index (Phi) is 3.89. The zero-order valence-electron chi connectivity index (χ0n) is 13.2. The Labute approximate surface area is 121 Å². The Morgan fingerprint density at radius 2 is 1.90 bits per heavy atom. The predicted molar refractivity (Wildman–Crippen MR) is 85.6 cm³/mol. The summed E-state index contributed by atoms with van der Waals surface area (Å²) in [6.45, 7) is 12.5. The minimum absolute atomic E-state index is 0.253. The molecule has 0 saturated heterocycles. The van der Waals surface area contributed by atoms with Crippen LogP contribution in [0.25, 0.3) is 10.8 Å². The van der Waals surface area contributed by atoms with Crippen LogP contribution in [0.2, 0.25) is 0 Å². The molecule has 20 heavy (non-hydrogen) atoms. The summed E-state index contributed by atoms with van der Waals surface area (Å²) in [5.41, 5.74) is 2.04. The highest BCUT2D eigenvalue weighted by Gasteiger charge is 2.17. The van der Waals surface area contributed by atoms with Gasteiger partial charge >= 0.3 is 0 Å². The van der Waals surface area contributed by atoms with Crippen molar-refractivity contribution in [3.8, 4) is 5.88 Å². The first-order valence-corrected chi connectivity index (χ1v) is 7.12. The van der Waals surface area contributed by atoms with E-state index < -0.39 is 0 Å². The third kappa shape index (κ3) is 3.21. The molecule has 3 nitrogen and oxygen atoms in total. The Morgan fingerprint density at radius 1 is 1.20 bits per heavy atom. The fraction of sp³-hybridized carbons (Fsp3) is 0.471. The van der Waals surface area contributed by atoms with E-state index in [1.165, 1.54) is 5.39 Å². The summed E-state index contributed by atoms with van der Waals surface area (Å²) in [4.78, 5) is 4.46. The molecule has 108 valence electrons. The molecule has 0 saturated carbocycles. The van der Waals surface area contributed by atoms with Gasteiger partial charge in [0.25, 0.3) is 0 Å². The quantitative estimate of drug-likeness (QED) is 0.890. The van der Waals surface area contributed by atoms with Crippen molar-refractivity contribution in [1.82, 2.24) is 4.98 Å². The van der Waals surface area contributed by atoms with E-state index in [9.17, 15) is 0 Å². The number of nitrogens with one attached hydrogen (secondary N) is 1. The summed E-state index contributed by atoms with van der Waals surface area (Å²) in [5.74, 6) is 0.700. The van der Waals surface area contributed by atoms with Crippen LogP contribution in [0.15, 0.2) is 24.4 Å². The summed E-state index contributed by atoms with van der Waals surface area (Å²) in [5, 5.41) is 5.75. The van der Waals surface area contributed by atoms with Crippen molar-refractivity contribution in [2.75, 3.05) is 5.32 Å². The number of aryl methyl sites for hydroxylation is 1. The SMILES string of the molecule is Cc1cnc(OC(C)(C)C)c2cccc(NC(C)C)c12. The topological polar surface area (TPSA) is 34.1 Å². The number of hydrogen-bond donors (Lipinski definition) is 1. The van der Waals surface area contributed by atoms with Gasteiger partial charge in [-0.15, -0.1) is 0 Å². The third-order valence-corrected chi connectivity index (χ3v) is 2.91. The van der Waals surface area contributed by atoms with Crippen LogP contribution in [-0.2, 0) is 0 Å². The molecule has 2 aromatic rings. The molecule has 0 amide bonds. The van der Waals surface area contributed by atoms with Crippen molar-refractivity contribution in [2.45, 2.75) is 53.2 Å². The van der Waals surface area contributed by atoms with Crippen molar-refractivity contribution in [1.29, 1.82) is 0 Å². The molecule has 0 spiro atoms. The van der Waals surface area contributed by atoms with Gasteiger partial charge in [0.2, 0.25) is 5.88 Å². The van der Waals surface area contributed by atoms with Gasteiger partial charge in [0.05, 0.1) is 0 Å². The number of aromatic nitrogens is 1. The molecule has 0 radical (unpaired) electrons. The van der Waals surface area contributed by atoms with Gasteiger partial charge in [0.15, 0.2) is 0 Å². The lowest BCUT2D eigenvalue weighted by Gasteiger charge is -2.22. The maximum atomic E-state index is 5.99. The van der Waals surface area contributed by atoms with Crippen molar-refractivity contribution < 1.29 is 4.74 Å². The fourth-order valence-electron chi connectivity index (χ4n) is 2.25. The van der Waals surface area contributed by atoms with E-state index in [-0.39, 0.29) is 5.60 Å². The zero-order valence-corrected chi connectivity index (χ0v) is 13.2. The first-order valence-electron chi connectivity index (χ1n) is 7.12. The van der Waals surface area contributed by atoms with Crippen molar-refractivity contribution in [3.05, 3.63) is 30.0 Å². The molecule has 0 atom stereocenters. The maximum Gasteiger partial charge on any atom is 0.221 e. The van der Waals surface area contributed by atoms with Crippen molar-refractivity contribution in [3.63, 3.8) is 0 Å². The molecular formula is C17H24N2O. The van der Waals surface area contributed by atoms with Gasteiger partial charge in [-0.3, -0.25) is 0 Å². The molecule has 0 aliphatic carbocycles.